The van der Waals surface area contributed by atoms with Crippen molar-refractivity contribution < 1.29 is 13.6 Å². The van der Waals surface area contributed by atoms with Crippen LogP contribution in [0.2, 0.25) is 0 Å². The summed E-state index contributed by atoms with van der Waals surface area (Å²) >= 11 is 0. The maximum Gasteiger partial charge on any atom is 0.284 e. The fourth-order valence-corrected chi connectivity index (χ4v) is 3.35. The Morgan fingerprint density at radius 2 is 1.97 bits per heavy atom. The summed E-state index contributed by atoms with van der Waals surface area (Å²) in [6, 6.07) is 10.3. The quantitative estimate of drug-likeness (QED) is 0.488. The summed E-state index contributed by atoms with van der Waals surface area (Å²) < 4.78 is 18.4. The monoisotopic (exact) mass is 401 g/mol. The van der Waals surface area contributed by atoms with Gasteiger partial charge in [0.25, 0.3) is 5.91 Å². The van der Waals surface area contributed by atoms with E-state index in [9.17, 15) is 9.18 Å². The molecule has 156 valence electrons. The lowest BCUT2D eigenvalue weighted by Crippen LogP contribution is -2.48. The number of primary amides is 1. The van der Waals surface area contributed by atoms with Crippen LogP contribution in [0.3, 0.4) is 0 Å². The molecule has 7 nitrogen and oxygen atoms in total. The van der Waals surface area contributed by atoms with Gasteiger partial charge in [-0.1, -0.05) is 12.1 Å². The summed E-state index contributed by atoms with van der Waals surface area (Å²) in [4.78, 5) is 18.0. The fraction of sp³-hybridized carbons (Fsp3) is 0.429. The standard InChI is InChI=1S/C21H28FN5O2/c1-2-24-21(25-13-18-7-8-19(29-18)20(23)28)26-17-9-11-27(12-10-17)14-15-3-5-16(22)6-4-15/h3-8,17H,2,9-14H2,1H3,(H2,23,28)(H2,24,25,26). The number of guanidine groups is 1. The van der Waals surface area contributed by atoms with Crippen molar-refractivity contribution in [2.75, 3.05) is 19.6 Å². The molecular formula is C21H28FN5O2. The van der Waals surface area contributed by atoms with Gasteiger partial charge in [-0.15, -0.1) is 0 Å². The largest absolute Gasteiger partial charge is 0.454 e. The van der Waals surface area contributed by atoms with Crippen LogP contribution in [-0.2, 0) is 13.1 Å². The van der Waals surface area contributed by atoms with Crippen molar-refractivity contribution in [3.8, 4) is 0 Å². The molecule has 1 amide bonds. The average molecular weight is 401 g/mol. The number of furan rings is 1. The van der Waals surface area contributed by atoms with Crippen molar-refractivity contribution in [3.05, 3.63) is 59.3 Å². The molecule has 0 radical (unpaired) electrons. The molecule has 0 saturated carbocycles. The topological polar surface area (TPSA) is 95.9 Å². The number of hydrogen-bond donors (Lipinski definition) is 3. The molecule has 1 saturated heterocycles. The minimum atomic E-state index is -0.586. The average Bonchev–Trinajstić information content (AvgIpc) is 3.19. The zero-order chi connectivity index (χ0) is 20.6. The molecule has 29 heavy (non-hydrogen) atoms. The van der Waals surface area contributed by atoms with E-state index in [1.54, 1.807) is 12.1 Å². The number of hydrogen-bond acceptors (Lipinski definition) is 4. The first kappa shape index (κ1) is 20.9. The Balaban J connectivity index is 1.49. The predicted molar refractivity (Wildman–Crippen MR) is 110 cm³/mol. The Kier molecular flexibility index (Phi) is 7.24. The number of benzene rings is 1. The van der Waals surface area contributed by atoms with Crippen LogP contribution >= 0.6 is 0 Å². The number of nitrogens with one attached hydrogen (secondary N) is 2. The van der Waals surface area contributed by atoms with Crippen molar-refractivity contribution in [2.45, 2.75) is 38.9 Å². The van der Waals surface area contributed by atoms with Crippen LogP contribution in [0.25, 0.3) is 0 Å². The van der Waals surface area contributed by atoms with E-state index in [2.05, 4.69) is 20.5 Å². The van der Waals surface area contributed by atoms with Gasteiger partial charge in [-0.25, -0.2) is 9.38 Å². The Hall–Kier alpha value is -2.87. The fourth-order valence-electron chi connectivity index (χ4n) is 3.35. The molecule has 1 fully saturated rings. The second-order valence-corrected chi connectivity index (χ2v) is 7.15. The van der Waals surface area contributed by atoms with E-state index >= 15 is 0 Å². The van der Waals surface area contributed by atoms with Gasteiger partial charge in [-0.05, 0) is 49.6 Å². The highest BCUT2D eigenvalue weighted by molar-refractivity contribution is 5.89. The molecule has 3 rings (SSSR count). The third-order valence-corrected chi connectivity index (χ3v) is 4.89. The molecular weight excluding hydrogens is 373 g/mol. The van der Waals surface area contributed by atoms with Crippen LogP contribution in [0.4, 0.5) is 4.39 Å². The molecule has 1 aliphatic heterocycles. The molecule has 1 aromatic carbocycles. The number of likely N-dealkylation sites (tertiary alicyclic amines) is 1. The van der Waals surface area contributed by atoms with Gasteiger partial charge < -0.3 is 20.8 Å². The maximum atomic E-state index is 13.0. The molecule has 2 aromatic rings. The van der Waals surface area contributed by atoms with Crippen LogP contribution in [-0.4, -0.2) is 42.4 Å². The third kappa shape index (κ3) is 6.32. The van der Waals surface area contributed by atoms with Crippen LogP contribution in [0.1, 0.15) is 41.6 Å². The van der Waals surface area contributed by atoms with Gasteiger partial charge in [0.2, 0.25) is 0 Å². The maximum absolute atomic E-state index is 13.0. The highest BCUT2D eigenvalue weighted by atomic mass is 19.1. The summed E-state index contributed by atoms with van der Waals surface area (Å²) in [5, 5.41) is 6.72. The first-order valence-corrected chi connectivity index (χ1v) is 9.93. The number of amides is 1. The van der Waals surface area contributed by atoms with Gasteiger partial charge in [0.05, 0.1) is 0 Å². The number of halogens is 1. The van der Waals surface area contributed by atoms with Gasteiger partial charge in [-0.2, -0.15) is 0 Å². The first-order valence-electron chi connectivity index (χ1n) is 9.93. The van der Waals surface area contributed by atoms with E-state index in [1.165, 1.54) is 12.1 Å². The van der Waals surface area contributed by atoms with Crippen LogP contribution in [0.5, 0.6) is 0 Å². The molecule has 0 atom stereocenters. The van der Waals surface area contributed by atoms with Crippen molar-refractivity contribution >= 4 is 11.9 Å². The zero-order valence-corrected chi connectivity index (χ0v) is 16.7. The van der Waals surface area contributed by atoms with Gasteiger partial charge in [0, 0.05) is 32.2 Å². The van der Waals surface area contributed by atoms with Gasteiger partial charge in [-0.3, -0.25) is 9.69 Å². The van der Waals surface area contributed by atoms with Crippen molar-refractivity contribution in [1.82, 2.24) is 15.5 Å². The second-order valence-electron chi connectivity index (χ2n) is 7.15. The summed E-state index contributed by atoms with van der Waals surface area (Å²) in [6.07, 6.45) is 2.00. The Labute approximate surface area is 170 Å². The first-order chi connectivity index (χ1) is 14.0. The number of nitrogens with zero attached hydrogens (tertiary/aromatic N) is 2. The Bertz CT molecular complexity index is 826. The molecule has 0 bridgehead atoms. The molecule has 0 aliphatic carbocycles. The molecule has 4 N–H and O–H groups in total. The van der Waals surface area contributed by atoms with E-state index < -0.39 is 5.91 Å². The number of piperidine rings is 1. The summed E-state index contributed by atoms with van der Waals surface area (Å²) in [5.41, 5.74) is 6.33. The van der Waals surface area contributed by atoms with Gasteiger partial charge in [0.1, 0.15) is 18.1 Å². The Morgan fingerprint density at radius 3 is 2.59 bits per heavy atom. The molecule has 8 heteroatoms. The van der Waals surface area contributed by atoms with Crippen LogP contribution < -0.4 is 16.4 Å². The molecule has 1 aromatic heterocycles. The highest BCUT2D eigenvalue weighted by Crippen LogP contribution is 2.14. The third-order valence-electron chi connectivity index (χ3n) is 4.89. The van der Waals surface area contributed by atoms with Gasteiger partial charge >= 0.3 is 0 Å². The lowest BCUT2D eigenvalue weighted by molar-refractivity contribution is 0.0972. The van der Waals surface area contributed by atoms with E-state index in [0.717, 1.165) is 50.5 Å². The number of aliphatic imine (C=N–C) groups is 1. The lowest BCUT2D eigenvalue weighted by Gasteiger charge is -2.33. The van der Waals surface area contributed by atoms with Crippen molar-refractivity contribution in [3.63, 3.8) is 0 Å². The summed E-state index contributed by atoms with van der Waals surface area (Å²) in [5.74, 6) is 0.665. The van der Waals surface area contributed by atoms with E-state index in [-0.39, 0.29) is 11.6 Å². The highest BCUT2D eigenvalue weighted by Gasteiger charge is 2.20. The smallest absolute Gasteiger partial charge is 0.284 e. The van der Waals surface area contributed by atoms with Crippen LogP contribution in [0.15, 0.2) is 45.8 Å². The summed E-state index contributed by atoms with van der Waals surface area (Å²) in [7, 11) is 0. The molecule has 2 heterocycles. The van der Waals surface area contributed by atoms with Gasteiger partial charge in [0.15, 0.2) is 11.7 Å². The molecule has 1 aliphatic rings. The number of carbonyl (C=O) groups is 1. The van der Waals surface area contributed by atoms with E-state index in [0.29, 0.717) is 18.3 Å². The molecule has 0 spiro atoms. The van der Waals surface area contributed by atoms with Crippen molar-refractivity contribution in [2.24, 2.45) is 10.7 Å². The lowest BCUT2D eigenvalue weighted by atomic mass is 10.0. The Morgan fingerprint density at radius 1 is 1.24 bits per heavy atom. The number of carbonyl (C=O) groups excluding carboxylic acids is 1. The van der Waals surface area contributed by atoms with Crippen LogP contribution in [0, 0.1) is 5.82 Å². The predicted octanol–water partition coefficient (Wildman–Crippen LogP) is 2.24. The molecule has 0 unspecified atom stereocenters. The minimum absolute atomic E-state index is 0.140. The summed E-state index contributed by atoms with van der Waals surface area (Å²) in [6.45, 7) is 5.86. The number of rotatable bonds is 7. The van der Waals surface area contributed by atoms with E-state index in [1.807, 2.05) is 19.1 Å². The zero-order valence-electron chi connectivity index (χ0n) is 16.7. The number of nitrogens with two attached hydrogens (primary N) is 1. The second kappa shape index (κ2) is 10.1. The minimum Gasteiger partial charge on any atom is -0.454 e. The SMILES string of the molecule is CCNC(=NCc1ccc(C(N)=O)o1)NC1CCN(Cc2ccc(F)cc2)CC1. The van der Waals surface area contributed by atoms with E-state index in [4.69, 9.17) is 10.2 Å². The normalized spacial score (nSPS) is 16.0. The van der Waals surface area contributed by atoms with Crippen molar-refractivity contribution in [1.29, 1.82) is 0 Å².